The fourth-order valence-electron chi connectivity index (χ4n) is 2.05. The third-order valence-corrected chi connectivity index (χ3v) is 4.43. The van der Waals surface area contributed by atoms with Gasteiger partial charge in [-0.25, -0.2) is 4.39 Å². The van der Waals surface area contributed by atoms with Gasteiger partial charge in [0.15, 0.2) is 0 Å². The zero-order valence-electron chi connectivity index (χ0n) is 10.6. The van der Waals surface area contributed by atoms with Crippen molar-refractivity contribution >= 4 is 22.3 Å². The lowest BCUT2D eigenvalue weighted by atomic mass is 10.2. The summed E-state index contributed by atoms with van der Waals surface area (Å²) in [6.45, 7) is 4.03. The van der Waals surface area contributed by atoms with Crippen molar-refractivity contribution in [3.63, 3.8) is 0 Å². The van der Waals surface area contributed by atoms with Crippen molar-refractivity contribution in [3.05, 3.63) is 57.2 Å². The maximum atomic E-state index is 13.1. The van der Waals surface area contributed by atoms with Crippen molar-refractivity contribution in [1.82, 2.24) is 0 Å². The second-order valence-electron chi connectivity index (χ2n) is 4.62. The van der Waals surface area contributed by atoms with E-state index in [-0.39, 0.29) is 5.82 Å². The summed E-state index contributed by atoms with van der Waals surface area (Å²) in [6.07, 6.45) is -0.798. The number of aliphatic hydroxyl groups excluding tert-OH is 1. The molecule has 19 heavy (non-hydrogen) atoms. The maximum absolute atomic E-state index is 13.1. The standard InChI is InChI=1S/C15H13FO2S/c1-8-5-14(19-9(8)2)15(17)13-7-10-6-11(16)3-4-12(10)18-13/h3-7,15,17H,1-2H3. The molecule has 0 saturated carbocycles. The summed E-state index contributed by atoms with van der Waals surface area (Å²) in [5.74, 6) is 0.138. The smallest absolute Gasteiger partial charge is 0.146 e. The number of thiophene rings is 1. The highest BCUT2D eigenvalue weighted by atomic mass is 32.1. The molecule has 0 saturated heterocycles. The summed E-state index contributed by atoms with van der Waals surface area (Å²) in [5, 5.41) is 11.0. The SMILES string of the molecule is Cc1cc(C(O)c2cc3cc(F)ccc3o2)sc1C. The molecule has 1 atom stereocenters. The summed E-state index contributed by atoms with van der Waals surface area (Å²) in [7, 11) is 0. The Balaban J connectivity index is 2.03. The van der Waals surface area contributed by atoms with E-state index >= 15 is 0 Å². The van der Waals surface area contributed by atoms with E-state index in [1.54, 1.807) is 23.5 Å². The van der Waals surface area contributed by atoms with E-state index in [0.29, 0.717) is 16.7 Å². The van der Waals surface area contributed by atoms with Crippen molar-refractivity contribution in [3.8, 4) is 0 Å². The summed E-state index contributed by atoms with van der Waals surface area (Å²) < 4.78 is 18.7. The number of halogens is 1. The molecule has 1 aromatic carbocycles. The highest BCUT2D eigenvalue weighted by Gasteiger charge is 2.18. The van der Waals surface area contributed by atoms with Gasteiger partial charge in [-0.1, -0.05) is 0 Å². The summed E-state index contributed by atoms with van der Waals surface area (Å²) >= 11 is 1.55. The lowest BCUT2D eigenvalue weighted by molar-refractivity contribution is 0.196. The molecule has 3 rings (SSSR count). The van der Waals surface area contributed by atoms with E-state index in [4.69, 9.17) is 4.42 Å². The lowest BCUT2D eigenvalue weighted by Crippen LogP contribution is -1.94. The van der Waals surface area contributed by atoms with Gasteiger partial charge in [0.05, 0.1) is 0 Å². The largest absolute Gasteiger partial charge is 0.458 e. The molecule has 1 unspecified atom stereocenters. The van der Waals surface area contributed by atoms with E-state index in [9.17, 15) is 9.50 Å². The molecule has 0 aliphatic heterocycles. The minimum absolute atomic E-state index is 0.308. The van der Waals surface area contributed by atoms with Crippen LogP contribution in [0.15, 0.2) is 34.7 Å². The molecule has 2 nitrogen and oxygen atoms in total. The van der Waals surface area contributed by atoms with Gasteiger partial charge >= 0.3 is 0 Å². The highest BCUT2D eigenvalue weighted by molar-refractivity contribution is 7.12. The van der Waals surface area contributed by atoms with Crippen LogP contribution in [0.4, 0.5) is 4.39 Å². The number of benzene rings is 1. The number of hydrogen-bond acceptors (Lipinski definition) is 3. The molecule has 0 aliphatic carbocycles. The number of aryl methyl sites for hydroxylation is 2. The highest BCUT2D eigenvalue weighted by Crippen LogP contribution is 2.33. The van der Waals surface area contributed by atoms with Gasteiger partial charge < -0.3 is 9.52 Å². The van der Waals surface area contributed by atoms with Crippen LogP contribution in [0.1, 0.15) is 27.2 Å². The molecule has 0 amide bonds. The van der Waals surface area contributed by atoms with E-state index < -0.39 is 6.10 Å². The van der Waals surface area contributed by atoms with Crippen LogP contribution in [0.2, 0.25) is 0 Å². The van der Waals surface area contributed by atoms with Crippen molar-refractivity contribution in [2.24, 2.45) is 0 Å². The quantitative estimate of drug-likeness (QED) is 0.755. The van der Waals surface area contributed by atoms with Crippen LogP contribution < -0.4 is 0 Å². The predicted octanol–water partition coefficient (Wildman–Crippen LogP) is 4.33. The van der Waals surface area contributed by atoms with Gasteiger partial charge in [-0.15, -0.1) is 11.3 Å². The molecule has 98 valence electrons. The number of hydrogen-bond donors (Lipinski definition) is 1. The minimum atomic E-state index is -0.798. The fourth-order valence-corrected chi connectivity index (χ4v) is 3.08. The third-order valence-electron chi connectivity index (χ3n) is 3.22. The number of aliphatic hydroxyl groups is 1. The Morgan fingerprint density at radius 3 is 2.68 bits per heavy atom. The average Bonchev–Trinajstić information content (AvgIpc) is 2.92. The summed E-state index contributed by atoms with van der Waals surface area (Å²) in [4.78, 5) is 2.02. The van der Waals surface area contributed by atoms with Gasteiger partial charge in [-0.3, -0.25) is 0 Å². The van der Waals surface area contributed by atoms with Gasteiger partial charge in [-0.05, 0) is 49.7 Å². The van der Waals surface area contributed by atoms with Gasteiger partial charge in [0.25, 0.3) is 0 Å². The van der Waals surface area contributed by atoms with Crippen LogP contribution in [0.25, 0.3) is 11.0 Å². The molecule has 1 N–H and O–H groups in total. The number of furan rings is 1. The molecule has 2 aromatic heterocycles. The van der Waals surface area contributed by atoms with Crippen LogP contribution in [0, 0.1) is 19.7 Å². The number of fused-ring (bicyclic) bond motifs is 1. The van der Waals surface area contributed by atoms with Crippen LogP contribution in [0.5, 0.6) is 0 Å². The molecule has 0 spiro atoms. The molecule has 2 heterocycles. The molecule has 0 fully saturated rings. The lowest BCUT2D eigenvalue weighted by Gasteiger charge is -2.03. The minimum Gasteiger partial charge on any atom is -0.458 e. The topological polar surface area (TPSA) is 33.4 Å². The maximum Gasteiger partial charge on any atom is 0.146 e. The summed E-state index contributed by atoms with van der Waals surface area (Å²) in [5.41, 5.74) is 1.74. The molecule has 0 radical (unpaired) electrons. The van der Waals surface area contributed by atoms with Gasteiger partial charge in [-0.2, -0.15) is 0 Å². The van der Waals surface area contributed by atoms with Gasteiger partial charge in [0.2, 0.25) is 0 Å². The molecular formula is C15H13FO2S. The van der Waals surface area contributed by atoms with Crippen LogP contribution in [0.3, 0.4) is 0 Å². The zero-order valence-corrected chi connectivity index (χ0v) is 11.4. The zero-order chi connectivity index (χ0) is 13.6. The number of rotatable bonds is 2. The Kier molecular flexibility index (Phi) is 2.92. The van der Waals surface area contributed by atoms with E-state index in [0.717, 1.165) is 10.4 Å². The van der Waals surface area contributed by atoms with E-state index in [1.807, 2.05) is 19.9 Å². The Morgan fingerprint density at radius 2 is 2.00 bits per heavy atom. The Hall–Kier alpha value is -1.65. The first-order valence-corrected chi connectivity index (χ1v) is 6.80. The molecule has 3 aromatic rings. The third kappa shape index (κ3) is 2.17. The Bertz CT molecular complexity index is 722. The molecular weight excluding hydrogens is 263 g/mol. The molecule has 0 aliphatic rings. The van der Waals surface area contributed by atoms with E-state index in [1.165, 1.54) is 17.0 Å². The van der Waals surface area contributed by atoms with Gasteiger partial charge in [0, 0.05) is 15.1 Å². The van der Waals surface area contributed by atoms with Crippen molar-refractivity contribution < 1.29 is 13.9 Å². The first-order valence-electron chi connectivity index (χ1n) is 5.98. The first-order chi connectivity index (χ1) is 9.04. The average molecular weight is 276 g/mol. The predicted molar refractivity (Wildman–Crippen MR) is 74.0 cm³/mol. The van der Waals surface area contributed by atoms with Crippen molar-refractivity contribution in [2.45, 2.75) is 20.0 Å². The van der Waals surface area contributed by atoms with Gasteiger partial charge in [0.1, 0.15) is 23.3 Å². The van der Waals surface area contributed by atoms with Crippen molar-refractivity contribution in [2.75, 3.05) is 0 Å². The Morgan fingerprint density at radius 1 is 1.21 bits per heavy atom. The van der Waals surface area contributed by atoms with Crippen LogP contribution in [-0.4, -0.2) is 5.11 Å². The normalized spacial score (nSPS) is 13.1. The monoisotopic (exact) mass is 276 g/mol. The van der Waals surface area contributed by atoms with Crippen LogP contribution in [-0.2, 0) is 0 Å². The van der Waals surface area contributed by atoms with E-state index in [2.05, 4.69) is 0 Å². The second kappa shape index (κ2) is 4.47. The molecule has 4 heteroatoms. The molecule has 0 bridgehead atoms. The Labute approximate surface area is 114 Å². The second-order valence-corrected chi connectivity index (χ2v) is 5.91. The van der Waals surface area contributed by atoms with Crippen LogP contribution >= 0.6 is 11.3 Å². The van der Waals surface area contributed by atoms with Crippen molar-refractivity contribution in [1.29, 1.82) is 0 Å². The first kappa shape index (κ1) is 12.4. The fraction of sp³-hybridized carbons (Fsp3) is 0.200. The summed E-state index contributed by atoms with van der Waals surface area (Å²) in [6, 6.07) is 7.97.